The first kappa shape index (κ1) is 15.8. The maximum absolute atomic E-state index is 11.5. The molecule has 0 radical (unpaired) electrons. The Kier molecular flexibility index (Phi) is 4.88. The highest BCUT2D eigenvalue weighted by atomic mass is 16.5. The second kappa shape index (κ2) is 6.48. The molecule has 1 fully saturated rings. The van der Waals surface area contributed by atoms with Gasteiger partial charge in [0, 0.05) is 13.0 Å². The lowest BCUT2D eigenvalue weighted by molar-refractivity contribution is -0.142. The molecule has 1 aliphatic heterocycles. The summed E-state index contributed by atoms with van der Waals surface area (Å²) in [5.74, 6) is 0.629. The molecule has 0 amide bonds. The molecule has 0 aliphatic carbocycles. The fourth-order valence-electron chi connectivity index (χ4n) is 2.50. The van der Waals surface area contributed by atoms with E-state index in [1.807, 2.05) is 12.1 Å². The van der Waals surface area contributed by atoms with Crippen LogP contribution in [0.15, 0.2) is 24.3 Å². The third kappa shape index (κ3) is 3.76. The molecule has 2 rings (SSSR count). The number of carbonyl (C=O) groups is 1. The summed E-state index contributed by atoms with van der Waals surface area (Å²) in [5.41, 5.74) is 1.50. The molecule has 1 saturated heterocycles. The largest absolute Gasteiger partial charge is 0.489 e. The number of nitrogens with one attached hydrogen (secondary N) is 1. The molecule has 1 N–H and O–H groups in total. The number of rotatable bonds is 5. The molecule has 0 unspecified atom stereocenters. The Bertz CT molecular complexity index is 481. The number of methoxy groups -OCH3 is 1. The maximum atomic E-state index is 11.5. The van der Waals surface area contributed by atoms with Crippen molar-refractivity contribution in [2.75, 3.05) is 13.7 Å². The van der Waals surface area contributed by atoms with Gasteiger partial charge in [-0.15, -0.1) is 0 Å². The Morgan fingerprint density at radius 1 is 1.33 bits per heavy atom. The van der Waals surface area contributed by atoms with Gasteiger partial charge < -0.3 is 14.8 Å². The summed E-state index contributed by atoms with van der Waals surface area (Å²) in [7, 11) is 1.41. The van der Waals surface area contributed by atoms with Gasteiger partial charge in [-0.3, -0.25) is 4.79 Å². The monoisotopic (exact) mass is 291 g/mol. The van der Waals surface area contributed by atoms with Crippen LogP contribution >= 0.6 is 0 Å². The van der Waals surface area contributed by atoms with Crippen LogP contribution in [0.2, 0.25) is 0 Å². The Hall–Kier alpha value is -1.55. The molecule has 0 saturated carbocycles. The van der Waals surface area contributed by atoms with Crippen molar-refractivity contribution in [3.63, 3.8) is 0 Å². The van der Waals surface area contributed by atoms with Gasteiger partial charge in [0.05, 0.1) is 7.11 Å². The van der Waals surface area contributed by atoms with Crippen LogP contribution in [-0.4, -0.2) is 31.8 Å². The third-order valence-corrected chi connectivity index (χ3v) is 4.40. The molecule has 21 heavy (non-hydrogen) atoms. The minimum Gasteiger partial charge on any atom is -0.489 e. The summed E-state index contributed by atoms with van der Waals surface area (Å²) in [6.45, 7) is 7.35. The maximum Gasteiger partial charge on any atom is 0.323 e. The van der Waals surface area contributed by atoms with Crippen LogP contribution in [0.4, 0.5) is 0 Å². The predicted molar refractivity (Wildman–Crippen MR) is 82.6 cm³/mol. The minimum atomic E-state index is -0.252. The first-order valence-corrected chi connectivity index (χ1v) is 7.54. The zero-order chi connectivity index (χ0) is 15.5. The molecule has 2 atom stereocenters. The summed E-state index contributed by atoms with van der Waals surface area (Å²) in [6.07, 6.45) is 1.76. The summed E-state index contributed by atoms with van der Waals surface area (Å²) in [6, 6.07) is 8.02. The molecule has 4 nitrogen and oxygen atoms in total. The summed E-state index contributed by atoms with van der Waals surface area (Å²) in [4.78, 5) is 11.5. The van der Waals surface area contributed by atoms with E-state index in [1.165, 1.54) is 12.7 Å². The van der Waals surface area contributed by atoms with Crippen LogP contribution in [0.3, 0.4) is 0 Å². The number of hydrogen-bond donors (Lipinski definition) is 1. The zero-order valence-electron chi connectivity index (χ0n) is 13.3. The van der Waals surface area contributed by atoms with Crippen LogP contribution in [0.25, 0.3) is 0 Å². The number of ether oxygens (including phenoxy) is 2. The Morgan fingerprint density at radius 3 is 2.57 bits per heavy atom. The number of hydrogen-bond acceptors (Lipinski definition) is 4. The fourth-order valence-corrected chi connectivity index (χ4v) is 2.50. The van der Waals surface area contributed by atoms with Crippen LogP contribution in [0.5, 0.6) is 5.75 Å². The van der Waals surface area contributed by atoms with Crippen LogP contribution in [0, 0.1) is 0 Å². The van der Waals surface area contributed by atoms with Crippen LogP contribution < -0.4 is 10.1 Å². The lowest BCUT2D eigenvalue weighted by atomic mass is 9.82. The number of carbonyl (C=O) groups excluding carboxylic acids is 1. The molecular formula is C17H25NO3. The highest BCUT2D eigenvalue weighted by Gasteiger charge is 2.31. The van der Waals surface area contributed by atoms with Crippen molar-refractivity contribution >= 4 is 5.97 Å². The van der Waals surface area contributed by atoms with Gasteiger partial charge >= 0.3 is 5.97 Å². The van der Waals surface area contributed by atoms with E-state index in [-0.39, 0.29) is 23.5 Å². The van der Waals surface area contributed by atoms with Crippen molar-refractivity contribution in [2.24, 2.45) is 0 Å². The first-order valence-electron chi connectivity index (χ1n) is 7.54. The highest BCUT2D eigenvalue weighted by Crippen LogP contribution is 2.28. The average Bonchev–Trinajstić information content (AvgIpc) is 2.95. The highest BCUT2D eigenvalue weighted by molar-refractivity contribution is 5.76. The van der Waals surface area contributed by atoms with E-state index in [4.69, 9.17) is 9.47 Å². The van der Waals surface area contributed by atoms with Gasteiger partial charge in [-0.05, 0) is 29.5 Å². The molecule has 116 valence electrons. The van der Waals surface area contributed by atoms with Crippen molar-refractivity contribution < 1.29 is 14.3 Å². The van der Waals surface area contributed by atoms with Gasteiger partial charge in [0.25, 0.3) is 0 Å². The van der Waals surface area contributed by atoms with E-state index >= 15 is 0 Å². The molecule has 1 aromatic carbocycles. The zero-order valence-corrected chi connectivity index (χ0v) is 13.3. The lowest BCUT2D eigenvalue weighted by Gasteiger charge is -2.23. The molecule has 1 heterocycles. The molecule has 0 aromatic heterocycles. The molecule has 1 aromatic rings. The van der Waals surface area contributed by atoms with E-state index < -0.39 is 0 Å². The molecule has 0 spiro atoms. The van der Waals surface area contributed by atoms with Gasteiger partial charge in [0.1, 0.15) is 17.9 Å². The van der Waals surface area contributed by atoms with Crippen molar-refractivity contribution in [2.45, 2.75) is 51.2 Å². The summed E-state index contributed by atoms with van der Waals surface area (Å²) in [5, 5.41) is 3.12. The predicted octanol–water partition coefficient (Wildman–Crippen LogP) is 2.66. The van der Waals surface area contributed by atoms with Gasteiger partial charge in [-0.25, -0.2) is 0 Å². The minimum absolute atomic E-state index is 0.0131. The SMILES string of the molecule is CCC(C)(C)c1ccc(O[C@@H]2CN[C@H](C(=O)OC)C2)cc1. The number of esters is 1. The standard InChI is InChI=1S/C17H25NO3/c1-5-17(2,3)12-6-8-13(9-7-12)21-14-10-15(18-11-14)16(19)20-4/h6-9,14-15,18H,5,10-11H2,1-4H3/t14-,15-/m0/s1. The van der Waals surface area contributed by atoms with E-state index in [0.29, 0.717) is 13.0 Å². The van der Waals surface area contributed by atoms with E-state index in [9.17, 15) is 4.79 Å². The van der Waals surface area contributed by atoms with E-state index in [1.54, 1.807) is 0 Å². The van der Waals surface area contributed by atoms with Crippen molar-refractivity contribution in [1.82, 2.24) is 5.32 Å². The van der Waals surface area contributed by atoms with Gasteiger partial charge in [-0.1, -0.05) is 32.9 Å². The quantitative estimate of drug-likeness (QED) is 0.847. The van der Waals surface area contributed by atoms with Crippen molar-refractivity contribution in [3.8, 4) is 5.75 Å². The fraction of sp³-hybridized carbons (Fsp3) is 0.588. The van der Waals surface area contributed by atoms with Crippen molar-refractivity contribution in [1.29, 1.82) is 0 Å². The van der Waals surface area contributed by atoms with Crippen molar-refractivity contribution in [3.05, 3.63) is 29.8 Å². The third-order valence-electron chi connectivity index (χ3n) is 4.40. The smallest absolute Gasteiger partial charge is 0.323 e. The topological polar surface area (TPSA) is 47.6 Å². The van der Waals surface area contributed by atoms with Gasteiger partial charge in [0.2, 0.25) is 0 Å². The normalized spacial score (nSPS) is 22.1. The van der Waals surface area contributed by atoms with Crippen LogP contribution in [-0.2, 0) is 14.9 Å². The molecule has 1 aliphatic rings. The van der Waals surface area contributed by atoms with Gasteiger partial charge in [-0.2, -0.15) is 0 Å². The lowest BCUT2D eigenvalue weighted by Crippen LogP contribution is -2.31. The summed E-state index contributed by atoms with van der Waals surface area (Å²) < 4.78 is 10.7. The number of benzene rings is 1. The molecule has 0 bridgehead atoms. The first-order chi connectivity index (χ1) is 9.96. The second-order valence-electron chi connectivity index (χ2n) is 6.22. The van der Waals surface area contributed by atoms with Gasteiger partial charge in [0.15, 0.2) is 0 Å². The Morgan fingerprint density at radius 2 is 2.00 bits per heavy atom. The average molecular weight is 291 g/mol. The summed E-state index contributed by atoms with van der Waals surface area (Å²) >= 11 is 0. The van der Waals surface area contributed by atoms with E-state index in [0.717, 1.165) is 12.2 Å². The van der Waals surface area contributed by atoms with E-state index in [2.05, 4.69) is 38.2 Å². The second-order valence-corrected chi connectivity index (χ2v) is 6.22. The molecule has 4 heteroatoms. The molecular weight excluding hydrogens is 266 g/mol. The Balaban J connectivity index is 1.94. The Labute approximate surface area is 126 Å². The van der Waals surface area contributed by atoms with Crippen LogP contribution in [0.1, 0.15) is 39.2 Å².